The average molecular weight is 217 g/mol. The van der Waals surface area contributed by atoms with Gasteiger partial charge in [0.15, 0.2) is 0 Å². The summed E-state index contributed by atoms with van der Waals surface area (Å²) in [5, 5.41) is 10.0. The molecule has 86 valence electrons. The summed E-state index contributed by atoms with van der Waals surface area (Å²) in [4.78, 5) is 2.33. The standard InChI is InChI=1S/C14H19NO/c1-12-10-15(9-8-14(12,2)16)11-13-6-4-3-5-7-13/h3-7,16H,1,8-11H2,2H3/t14-/m1/s1. The highest BCUT2D eigenvalue weighted by molar-refractivity contribution is 5.18. The quantitative estimate of drug-likeness (QED) is 0.768. The Kier molecular flexibility index (Phi) is 3.13. The van der Waals surface area contributed by atoms with Crippen LogP contribution in [0, 0.1) is 0 Å². The van der Waals surface area contributed by atoms with E-state index in [9.17, 15) is 5.11 Å². The molecule has 1 aromatic rings. The van der Waals surface area contributed by atoms with Crippen molar-refractivity contribution in [2.75, 3.05) is 13.1 Å². The molecule has 1 atom stereocenters. The molecular formula is C14H19NO. The Balaban J connectivity index is 1.97. The van der Waals surface area contributed by atoms with Crippen LogP contribution in [0.4, 0.5) is 0 Å². The zero-order valence-electron chi connectivity index (χ0n) is 9.82. The zero-order valence-corrected chi connectivity index (χ0v) is 9.82. The molecule has 0 amide bonds. The van der Waals surface area contributed by atoms with Crippen LogP contribution < -0.4 is 0 Å². The number of hydrogen-bond acceptors (Lipinski definition) is 2. The Morgan fingerprint density at radius 3 is 2.69 bits per heavy atom. The van der Waals surface area contributed by atoms with Gasteiger partial charge in [-0.2, -0.15) is 0 Å². The minimum atomic E-state index is -0.673. The van der Waals surface area contributed by atoms with E-state index >= 15 is 0 Å². The molecule has 16 heavy (non-hydrogen) atoms. The lowest BCUT2D eigenvalue weighted by Crippen LogP contribution is -2.43. The number of hydrogen-bond donors (Lipinski definition) is 1. The molecule has 0 spiro atoms. The Morgan fingerprint density at radius 1 is 1.38 bits per heavy atom. The highest BCUT2D eigenvalue weighted by atomic mass is 16.3. The summed E-state index contributed by atoms with van der Waals surface area (Å²) in [6.07, 6.45) is 0.776. The fraction of sp³-hybridized carbons (Fsp3) is 0.429. The second-order valence-electron chi connectivity index (χ2n) is 4.82. The van der Waals surface area contributed by atoms with Crippen LogP contribution in [0.15, 0.2) is 42.5 Å². The number of piperidine rings is 1. The smallest absolute Gasteiger partial charge is 0.0850 e. The SMILES string of the molecule is C=C1CN(Cc2ccccc2)CC[C@@]1(C)O. The van der Waals surface area contributed by atoms with Gasteiger partial charge in [0, 0.05) is 19.6 Å². The van der Waals surface area contributed by atoms with Crippen molar-refractivity contribution in [3.8, 4) is 0 Å². The number of rotatable bonds is 2. The molecule has 1 heterocycles. The van der Waals surface area contributed by atoms with Gasteiger partial charge in [0.25, 0.3) is 0 Å². The first-order valence-corrected chi connectivity index (χ1v) is 5.75. The lowest BCUT2D eigenvalue weighted by Gasteiger charge is -2.37. The maximum absolute atomic E-state index is 10.0. The van der Waals surface area contributed by atoms with Crippen LogP contribution in [-0.2, 0) is 6.54 Å². The van der Waals surface area contributed by atoms with E-state index in [0.29, 0.717) is 0 Å². The Hall–Kier alpha value is -1.12. The van der Waals surface area contributed by atoms with Crippen LogP contribution in [0.5, 0.6) is 0 Å². The van der Waals surface area contributed by atoms with Crippen molar-refractivity contribution in [2.45, 2.75) is 25.5 Å². The van der Waals surface area contributed by atoms with Gasteiger partial charge in [-0.3, -0.25) is 4.90 Å². The van der Waals surface area contributed by atoms with Crippen LogP contribution in [0.25, 0.3) is 0 Å². The third kappa shape index (κ3) is 2.52. The third-order valence-electron chi connectivity index (χ3n) is 3.34. The minimum Gasteiger partial charge on any atom is -0.386 e. The van der Waals surface area contributed by atoms with Crippen molar-refractivity contribution >= 4 is 0 Å². The lowest BCUT2D eigenvalue weighted by molar-refractivity contribution is 0.0425. The second kappa shape index (κ2) is 4.40. The van der Waals surface area contributed by atoms with Gasteiger partial charge in [-0.15, -0.1) is 0 Å². The summed E-state index contributed by atoms with van der Waals surface area (Å²) >= 11 is 0. The second-order valence-corrected chi connectivity index (χ2v) is 4.82. The van der Waals surface area contributed by atoms with E-state index in [1.807, 2.05) is 13.0 Å². The summed E-state index contributed by atoms with van der Waals surface area (Å²) in [7, 11) is 0. The zero-order chi connectivity index (χ0) is 11.6. The molecule has 1 aromatic carbocycles. The first-order valence-electron chi connectivity index (χ1n) is 5.75. The van der Waals surface area contributed by atoms with Gasteiger partial charge in [0.2, 0.25) is 0 Å². The fourth-order valence-electron chi connectivity index (χ4n) is 2.05. The van der Waals surface area contributed by atoms with E-state index in [0.717, 1.165) is 31.6 Å². The van der Waals surface area contributed by atoms with Crippen molar-refractivity contribution in [1.29, 1.82) is 0 Å². The molecule has 2 heteroatoms. The van der Waals surface area contributed by atoms with Crippen molar-refractivity contribution in [2.24, 2.45) is 0 Å². The van der Waals surface area contributed by atoms with Gasteiger partial charge in [0.05, 0.1) is 5.60 Å². The van der Waals surface area contributed by atoms with Crippen LogP contribution in [0.2, 0.25) is 0 Å². The first-order chi connectivity index (χ1) is 7.58. The van der Waals surface area contributed by atoms with Crippen LogP contribution >= 0.6 is 0 Å². The number of aliphatic hydroxyl groups is 1. The third-order valence-corrected chi connectivity index (χ3v) is 3.34. The molecule has 0 aliphatic carbocycles. The molecule has 1 aliphatic rings. The maximum Gasteiger partial charge on any atom is 0.0850 e. The van der Waals surface area contributed by atoms with Crippen molar-refractivity contribution in [3.05, 3.63) is 48.0 Å². The molecule has 0 unspecified atom stereocenters. The van der Waals surface area contributed by atoms with Gasteiger partial charge in [-0.05, 0) is 24.5 Å². The molecule has 0 radical (unpaired) electrons. The number of nitrogens with zero attached hydrogens (tertiary/aromatic N) is 1. The summed E-state index contributed by atoms with van der Waals surface area (Å²) in [6.45, 7) is 8.49. The monoisotopic (exact) mass is 217 g/mol. The van der Waals surface area contributed by atoms with Crippen molar-refractivity contribution in [3.63, 3.8) is 0 Å². The van der Waals surface area contributed by atoms with E-state index < -0.39 is 5.60 Å². The fourth-order valence-corrected chi connectivity index (χ4v) is 2.05. The predicted molar refractivity (Wildman–Crippen MR) is 66.1 cm³/mol. The first kappa shape index (κ1) is 11.4. The van der Waals surface area contributed by atoms with Gasteiger partial charge < -0.3 is 5.11 Å². The van der Waals surface area contributed by atoms with E-state index in [-0.39, 0.29) is 0 Å². The Labute approximate surface area is 97.2 Å². The maximum atomic E-state index is 10.0. The average Bonchev–Trinajstić information content (AvgIpc) is 2.26. The van der Waals surface area contributed by atoms with E-state index in [1.165, 1.54) is 5.56 Å². The van der Waals surface area contributed by atoms with Crippen LogP contribution in [-0.4, -0.2) is 28.7 Å². The van der Waals surface area contributed by atoms with Crippen LogP contribution in [0.3, 0.4) is 0 Å². The van der Waals surface area contributed by atoms with Crippen LogP contribution in [0.1, 0.15) is 18.9 Å². The molecule has 1 saturated heterocycles. The largest absolute Gasteiger partial charge is 0.386 e. The molecule has 1 aliphatic heterocycles. The molecule has 0 aromatic heterocycles. The molecule has 0 saturated carbocycles. The minimum absolute atomic E-state index is 0.673. The van der Waals surface area contributed by atoms with Gasteiger partial charge in [0.1, 0.15) is 0 Å². The highest BCUT2D eigenvalue weighted by Gasteiger charge is 2.30. The molecule has 0 bridgehead atoms. The van der Waals surface area contributed by atoms with Gasteiger partial charge in [-0.25, -0.2) is 0 Å². The van der Waals surface area contributed by atoms with Crippen molar-refractivity contribution < 1.29 is 5.11 Å². The Morgan fingerprint density at radius 2 is 2.06 bits per heavy atom. The summed E-state index contributed by atoms with van der Waals surface area (Å²) in [5.74, 6) is 0. The van der Waals surface area contributed by atoms with E-state index in [2.05, 4.69) is 35.7 Å². The Bertz CT molecular complexity index is 370. The van der Waals surface area contributed by atoms with Gasteiger partial charge >= 0.3 is 0 Å². The molecule has 2 nitrogen and oxygen atoms in total. The number of benzene rings is 1. The highest BCUT2D eigenvalue weighted by Crippen LogP contribution is 2.26. The predicted octanol–water partition coefficient (Wildman–Crippen LogP) is 2.20. The molecule has 2 rings (SSSR count). The van der Waals surface area contributed by atoms with Gasteiger partial charge in [-0.1, -0.05) is 36.9 Å². The topological polar surface area (TPSA) is 23.5 Å². The lowest BCUT2D eigenvalue weighted by atomic mass is 9.89. The van der Waals surface area contributed by atoms with E-state index in [4.69, 9.17) is 0 Å². The summed E-state index contributed by atoms with van der Waals surface area (Å²) in [6, 6.07) is 10.4. The summed E-state index contributed by atoms with van der Waals surface area (Å²) < 4.78 is 0. The van der Waals surface area contributed by atoms with Crippen molar-refractivity contribution in [1.82, 2.24) is 4.90 Å². The normalized spacial score (nSPS) is 27.0. The molecule has 1 N–H and O–H groups in total. The number of likely N-dealkylation sites (tertiary alicyclic amines) is 1. The summed E-state index contributed by atoms with van der Waals surface area (Å²) in [5.41, 5.74) is 1.57. The molecule has 1 fully saturated rings. The molecular weight excluding hydrogens is 198 g/mol. The van der Waals surface area contributed by atoms with E-state index in [1.54, 1.807) is 0 Å².